The fraction of sp³-hybridized carbons (Fsp3) is 0.375. The first kappa shape index (κ1) is 14.5. The van der Waals surface area contributed by atoms with Gasteiger partial charge in [-0.2, -0.15) is 4.31 Å². The Morgan fingerprint density at radius 1 is 1.10 bits per heavy atom. The number of benzene rings is 2. The lowest BCUT2D eigenvalue weighted by atomic mass is 10.1. The molecule has 1 aliphatic heterocycles. The second kappa shape index (κ2) is 5.40. The molecule has 0 aliphatic carbocycles. The summed E-state index contributed by atoms with van der Waals surface area (Å²) in [6, 6.07) is 12.8. The van der Waals surface area contributed by atoms with Gasteiger partial charge in [-0.15, -0.1) is 0 Å². The Morgan fingerprint density at radius 2 is 1.81 bits per heavy atom. The number of morpholine rings is 1. The zero-order valence-corrected chi connectivity index (χ0v) is 13.0. The van der Waals surface area contributed by atoms with Crippen LogP contribution in [0.1, 0.15) is 13.8 Å². The van der Waals surface area contributed by atoms with Gasteiger partial charge in [-0.25, -0.2) is 8.42 Å². The summed E-state index contributed by atoms with van der Waals surface area (Å²) in [5.41, 5.74) is 0. The molecule has 2 unspecified atom stereocenters. The van der Waals surface area contributed by atoms with Crippen molar-refractivity contribution in [1.82, 2.24) is 4.31 Å². The van der Waals surface area contributed by atoms with Crippen molar-refractivity contribution in [3.05, 3.63) is 42.5 Å². The molecule has 4 nitrogen and oxygen atoms in total. The molecule has 1 fully saturated rings. The Balaban J connectivity index is 2.12. The molecule has 3 rings (SSSR count). The maximum absolute atomic E-state index is 13.0. The number of nitrogens with zero attached hydrogens (tertiary/aromatic N) is 1. The summed E-state index contributed by atoms with van der Waals surface area (Å²) in [6.07, 6.45) is -0.0778. The van der Waals surface area contributed by atoms with Crippen LogP contribution in [0.2, 0.25) is 0 Å². The molecular weight excluding hydrogens is 286 g/mol. The molecule has 0 spiro atoms. The van der Waals surface area contributed by atoms with Gasteiger partial charge in [0, 0.05) is 18.0 Å². The summed E-state index contributed by atoms with van der Waals surface area (Å²) in [7, 11) is -3.52. The topological polar surface area (TPSA) is 46.6 Å². The van der Waals surface area contributed by atoms with Crippen molar-refractivity contribution in [2.75, 3.05) is 13.2 Å². The zero-order valence-electron chi connectivity index (χ0n) is 12.2. The number of rotatable bonds is 2. The molecule has 5 heteroatoms. The average molecular weight is 305 g/mol. The predicted octanol–water partition coefficient (Wildman–Crippen LogP) is 2.64. The Kier molecular flexibility index (Phi) is 3.73. The lowest BCUT2D eigenvalue weighted by molar-refractivity contribution is -0.0170. The summed E-state index contributed by atoms with van der Waals surface area (Å²) in [5, 5.41) is 1.71. The summed E-state index contributed by atoms with van der Waals surface area (Å²) >= 11 is 0. The van der Waals surface area contributed by atoms with Gasteiger partial charge in [0.25, 0.3) is 0 Å². The molecule has 0 N–H and O–H groups in total. The number of hydrogen-bond donors (Lipinski definition) is 0. The number of sulfonamides is 1. The van der Waals surface area contributed by atoms with Crippen molar-refractivity contribution < 1.29 is 13.2 Å². The van der Waals surface area contributed by atoms with Crippen LogP contribution in [0.15, 0.2) is 47.4 Å². The van der Waals surface area contributed by atoms with Crippen LogP contribution in [0.5, 0.6) is 0 Å². The highest BCUT2D eigenvalue weighted by Gasteiger charge is 2.34. The van der Waals surface area contributed by atoms with Crippen molar-refractivity contribution in [2.24, 2.45) is 0 Å². The van der Waals surface area contributed by atoms with Crippen LogP contribution < -0.4 is 0 Å². The van der Waals surface area contributed by atoms with E-state index in [1.54, 1.807) is 16.4 Å². The largest absolute Gasteiger partial charge is 0.375 e. The molecule has 112 valence electrons. The van der Waals surface area contributed by atoms with Crippen molar-refractivity contribution in [2.45, 2.75) is 30.9 Å². The first-order valence-electron chi connectivity index (χ1n) is 7.11. The smallest absolute Gasteiger partial charge is 0.244 e. The number of hydrogen-bond acceptors (Lipinski definition) is 3. The monoisotopic (exact) mass is 305 g/mol. The van der Waals surface area contributed by atoms with E-state index in [0.29, 0.717) is 18.0 Å². The van der Waals surface area contributed by atoms with Gasteiger partial charge in [0.05, 0.1) is 17.6 Å². The lowest BCUT2D eigenvalue weighted by Gasteiger charge is -2.35. The lowest BCUT2D eigenvalue weighted by Crippen LogP contribution is -2.50. The van der Waals surface area contributed by atoms with Gasteiger partial charge in [-0.05, 0) is 25.3 Å². The third-order valence-electron chi connectivity index (χ3n) is 3.89. The molecule has 2 atom stereocenters. The summed E-state index contributed by atoms with van der Waals surface area (Å²) in [6.45, 7) is 4.62. The van der Waals surface area contributed by atoms with Gasteiger partial charge >= 0.3 is 0 Å². The second-order valence-corrected chi connectivity index (χ2v) is 7.40. The van der Waals surface area contributed by atoms with E-state index in [-0.39, 0.29) is 12.1 Å². The van der Waals surface area contributed by atoms with Gasteiger partial charge in [-0.3, -0.25) is 0 Å². The first-order chi connectivity index (χ1) is 10.00. The molecule has 2 aromatic carbocycles. The first-order valence-corrected chi connectivity index (χ1v) is 8.55. The van der Waals surface area contributed by atoms with Gasteiger partial charge < -0.3 is 4.74 Å². The highest BCUT2D eigenvalue weighted by atomic mass is 32.2. The molecule has 0 amide bonds. The zero-order chi connectivity index (χ0) is 15.0. The van der Waals surface area contributed by atoms with Crippen molar-refractivity contribution in [1.29, 1.82) is 0 Å². The van der Waals surface area contributed by atoms with Gasteiger partial charge in [-0.1, -0.05) is 36.4 Å². The molecule has 0 saturated carbocycles. The van der Waals surface area contributed by atoms with E-state index in [9.17, 15) is 8.42 Å². The molecule has 1 aliphatic rings. The standard InChI is InChI=1S/C16H19NO3S/c1-12-11-20-13(2)10-17(12)21(18,19)16-9-5-7-14-6-3-4-8-15(14)16/h3-9,12-13H,10-11H2,1-2H3. The van der Waals surface area contributed by atoms with E-state index in [0.717, 1.165) is 10.8 Å². The molecule has 2 aromatic rings. The molecule has 0 radical (unpaired) electrons. The number of ether oxygens (including phenoxy) is 1. The van der Waals surface area contributed by atoms with Gasteiger partial charge in [0.15, 0.2) is 0 Å². The van der Waals surface area contributed by atoms with Gasteiger partial charge in [0.2, 0.25) is 10.0 Å². The highest BCUT2D eigenvalue weighted by molar-refractivity contribution is 7.89. The summed E-state index contributed by atoms with van der Waals surface area (Å²) in [5.74, 6) is 0. The van der Waals surface area contributed by atoms with Crippen LogP contribution in [-0.2, 0) is 14.8 Å². The molecular formula is C16H19NO3S. The van der Waals surface area contributed by atoms with Crippen LogP contribution in [0.3, 0.4) is 0 Å². The van der Waals surface area contributed by atoms with Crippen LogP contribution in [0.4, 0.5) is 0 Å². The van der Waals surface area contributed by atoms with Crippen LogP contribution in [0.25, 0.3) is 10.8 Å². The molecule has 1 saturated heterocycles. The van der Waals surface area contributed by atoms with E-state index < -0.39 is 10.0 Å². The third kappa shape index (κ3) is 2.57. The summed E-state index contributed by atoms with van der Waals surface area (Å²) in [4.78, 5) is 0.376. The van der Waals surface area contributed by atoms with Crippen LogP contribution >= 0.6 is 0 Å². The fourth-order valence-electron chi connectivity index (χ4n) is 2.75. The number of fused-ring (bicyclic) bond motifs is 1. The molecule has 1 heterocycles. The minimum atomic E-state index is -3.52. The maximum Gasteiger partial charge on any atom is 0.244 e. The predicted molar refractivity (Wildman–Crippen MR) is 82.7 cm³/mol. The Bertz CT molecular complexity index is 752. The maximum atomic E-state index is 13.0. The Hall–Kier alpha value is -1.43. The highest BCUT2D eigenvalue weighted by Crippen LogP contribution is 2.28. The molecule has 21 heavy (non-hydrogen) atoms. The third-order valence-corrected chi connectivity index (χ3v) is 5.93. The molecule has 0 aromatic heterocycles. The Labute approximate surface area is 125 Å². The second-order valence-electron chi connectivity index (χ2n) is 5.54. The minimum Gasteiger partial charge on any atom is -0.375 e. The summed E-state index contributed by atoms with van der Waals surface area (Å²) < 4.78 is 33.1. The normalized spacial score (nSPS) is 24.3. The van der Waals surface area contributed by atoms with E-state index in [1.807, 2.05) is 44.2 Å². The van der Waals surface area contributed by atoms with Crippen molar-refractivity contribution in [3.63, 3.8) is 0 Å². The minimum absolute atomic E-state index is 0.0778. The van der Waals surface area contributed by atoms with E-state index in [1.165, 1.54) is 0 Å². The SMILES string of the molecule is CC1CN(S(=O)(=O)c2cccc3ccccc23)C(C)CO1. The Morgan fingerprint density at radius 3 is 2.62 bits per heavy atom. The molecule has 0 bridgehead atoms. The van der Waals surface area contributed by atoms with Crippen molar-refractivity contribution in [3.8, 4) is 0 Å². The van der Waals surface area contributed by atoms with E-state index in [2.05, 4.69) is 0 Å². The fourth-order valence-corrected chi connectivity index (χ4v) is 4.66. The average Bonchev–Trinajstić information content (AvgIpc) is 2.49. The van der Waals surface area contributed by atoms with E-state index in [4.69, 9.17) is 4.74 Å². The van der Waals surface area contributed by atoms with Crippen LogP contribution in [-0.4, -0.2) is 38.0 Å². The van der Waals surface area contributed by atoms with Gasteiger partial charge in [0.1, 0.15) is 0 Å². The quantitative estimate of drug-likeness (QED) is 0.857. The van der Waals surface area contributed by atoms with E-state index >= 15 is 0 Å². The van der Waals surface area contributed by atoms with Crippen molar-refractivity contribution >= 4 is 20.8 Å². The van der Waals surface area contributed by atoms with Crippen LogP contribution in [0, 0.1) is 0 Å².